The fraction of sp³-hybridized carbons (Fsp3) is 0.308. The smallest absolute Gasteiger partial charge is 0.181 e. The van der Waals surface area contributed by atoms with Gasteiger partial charge in [0, 0.05) is 4.88 Å². The molecule has 1 aliphatic carbocycles. The van der Waals surface area contributed by atoms with Crippen molar-refractivity contribution in [2.75, 3.05) is 5.73 Å². The summed E-state index contributed by atoms with van der Waals surface area (Å²) in [5, 5.41) is 0.860. The first-order valence-corrected chi connectivity index (χ1v) is 7.20. The molecule has 0 amide bonds. The van der Waals surface area contributed by atoms with Crippen LogP contribution in [0.5, 0.6) is 0 Å². The first kappa shape index (κ1) is 10.9. The third-order valence-corrected chi connectivity index (χ3v) is 4.72. The van der Waals surface area contributed by atoms with E-state index in [2.05, 4.69) is 19.9 Å². The second-order valence-corrected chi connectivity index (χ2v) is 5.93. The SMILES string of the molecule is Nc1sc2c(c1-c1nc3ncncc3[nH]1)CCCC2. The number of aromatic amines is 1. The first-order valence-electron chi connectivity index (χ1n) is 6.39. The highest BCUT2D eigenvalue weighted by Gasteiger charge is 2.22. The van der Waals surface area contributed by atoms with E-state index in [0.717, 1.165) is 34.7 Å². The Morgan fingerprint density at radius 1 is 1.26 bits per heavy atom. The predicted octanol–water partition coefficient (Wildman–Crippen LogP) is 2.54. The number of anilines is 1. The highest BCUT2D eigenvalue weighted by molar-refractivity contribution is 7.16. The van der Waals surface area contributed by atoms with E-state index in [1.54, 1.807) is 17.5 Å². The normalized spacial score (nSPS) is 14.7. The Bertz CT molecular complexity index is 725. The number of aryl methyl sites for hydroxylation is 1. The molecule has 0 saturated heterocycles. The van der Waals surface area contributed by atoms with Gasteiger partial charge in [0.05, 0.1) is 16.8 Å². The monoisotopic (exact) mass is 271 g/mol. The van der Waals surface area contributed by atoms with Gasteiger partial charge in [-0.25, -0.2) is 15.0 Å². The number of nitrogens with one attached hydrogen (secondary N) is 1. The molecular formula is C13H13N5S. The maximum atomic E-state index is 6.20. The van der Waals surface area contributed by atoms with Crippen molar-refractivity contribution in [2.24, 2.45) is 0 Å². The van der Waals surface area contributed by atoms with Gasteiger partial charge in [0.1, 0.15) is 17.7 Å². The van der Waals surface area contributed by atoms with Gasteiger partial charge in [0.2, 0.25) is 0 Å². The summed E-state index contributed by atoms with van der Waals surface area (Å²) in [6.07, 6.45) is 7.99. The highest BCUT2D eigenvalue weighted by atomic mass is 32.1. The lowest BCUT2D eigenvalue weighted by atomic mass is 9.95. The summed E-state index contributed by atoms with van der Waals surface area (Å²) in [7, 11) is 0. The molecule has 0 saturated carbocycles. The number of rotatable bonds is 1. The van der Waals surface area contributed by atoms with Crippen LogP contribution >= 0.6 is 11.3 Å². The van der Waals surface area contributed by atoms with E-state index in [1.807, 2.05) is 0 Å². The van der Waals surface area contributed by atoms with E-state index in [9.17, 15) is 0 Å². The minimum Gasteiger partial charge on any atom is -0.390 e. The lowest BCUT2D eigenvalue weighted by Crippen LogP contribution is -2.00. The molecule has 5 nitrogen and oxygen atoms in total. The van der Waals surface area contributed by atoms with Gasteiger partial charge in [-0.15, -0.1) is 11.3 Å². The first-order chi connectivity index (χ1) is 9.33. The fourth-order valence-electron chi connectivity index (χ4n) is 2.73. The Balaban J connectivity index is 1.94. The second-order valence-electron chi connectivity index (χ2n) is 4.80. The van der Waals surface area contributed by atoms with E-state index < -0.39 is 0 Å². The van der Waals surface area contributed by atoms with Crippen molar-refractivity contribution in [3.05, 3.63) is 23.0 Å². The minimum absolute atomic E-state index is 0.695. The molecule has 19 heavy (non-hydrogen) atoms. The van der Waals surface area contributed by atoms with Crippen LogP contribution < -0.4 is 5.73 Å². The highest BCUT2D eigenvalue weighted by Crippen LogP contribution is 2.41. The van der Waals surface area contributed by atoms with Gasteiger partial charge in [0.25, 0.3) is 0 Å². The molecule has 0 fully saturated rings. The molecule has 0 aromatic carbocycles. The van der Waals surface area contributed by atoms with Crippen molar-refractivity contribution in [3.8, 4) is 11.4 Å². The van der Waals surface area contributed by atoms with Crippen LogP contribution in [0, 0.1) is 0 Å². The molecule has 0 spiro atoms. The number of H-pyrrole nitrogens is 1. The number of nitrogens with zero attached hydrogens (tertiary/aromatic N) is 3. The molecule has 0 atom stereocenters. The molecule has 0 bridgehead atoms. The van der Waals surface area contributed by atoms with Crippen LogP contribution in [0.25, 0.3) is 22.6 Å². The van der Waals surface area contributed by atoms with Gasteiger partial charge in [0.15, 0.2) is 5.65 Å². The maximum Gasteiger partial charge on any atom is 0.181 e. The minimum atomic E-state index is 0.695. The lowest BCUT2D eigenvalue weighted by molar-refractivity contribution is 0.698. The predicted molar refractivity (Wildman–Crippen MR) is 76.1 cm³/mol. The Labute approximate surface area is 113 Å². The van der Waals surface area contributed by atoms with Gasteiger partial charge < -0.3 is 10.7 Å². The topological polar surface area (TPSA) is 80.5 Å². The second kappa shape index (κ2) is 4.03. The Morgan fingerprint density at radius 3 is 3.05 bits per heavy atom. The molecule has 3 heterocycles. The number of thiophene rings is 1. The molecule has 0 radical (unpaired) electrons. The van der Waals surface area contributed by atoms with Gasteiger partial charge in [-0.1, -0.05) is 0 Å². The van der Waals surface area contributed by atoms with Crippen molar-refractivity contribution in [3.63, 3.8) is 0 Å². The largest absolute Gasteiger partial charge is 0.390 e. The summed E-state index contributed by atoms with van der Waals surface area (Å²) in [6, 6.07) is 0. The zero-order valence-electron chi connectivity index (χ0n) is 10.3. The maximum absolute atomic E-state index is 6.20. The van der Waals surface area contributed by atoms with Gasteiger partial charge in [-0.05, 0) is 31.2 Å². The molecule has 96 valence electrons. The molecule has 3 aromatic heterocycles. The van der Waals surface area contributed by atoms with Crippen molar-refractivity contribution in [1.82, 2.24) is 19.9 Å². The number of nitrogen functional groups attached to an aromatic ring is 1. The third kappa shape index (κ3) is 1.63. The van der Waals surface area contributed by atoms with Crippen molar-refractivity contribution < 1.29 is 0 Å². The van der Waals surface area contributed by atoms with Crippen molar-refractivity contribution in [2.45, 2.75) is 25.7 Å². The van der Waals surface area contributed by atoms with Gasteiger partial charge in [-0.2, -0.15) is 0 Å². The summed E-state index contributed by atoms with van der Waals surface area (Å²) in [6.45, 7) is 0. The number of hydrogen-bond donors (Lipinski definition) is 2. The quantitative estimate of drug-likeness (QED) is 0.712. The van der Waals surface area contributed by atoms with Crippen LogP contribution in [-0.2, 0) is 12.8 Å². The third-order valence-electron chi connectivity index (χ3n) is 3.60. The molecule has 0 unspecified atom stereocenters. The zero-order valence-corrected chi connectivity index (χ0v) is 11.1. The van der Waals surface area contributed by atoms with Gasteiger partial charge in [-0.3, -0.25) is 0 Å². The van der Waals surface area contributed by atoms with E-state index >= 15 is 0 Å². The molecule has 6 heteroatoms. The Kier molecular flexibility index (Phi) is 2.32. The van der Waals surface area contributed by atoms with Crippen LogP contribution in [0.4, 0.5) is 5.00 Å². The summed E-state index contributed by atoms with van der Waals surface area (Å²) >= 11 is 1.70. The summed E-state index contributed by atoms with van der Waals surface area (Å²) in [5.74, 6) is 0.826. The number of imidazole rings is 1. The number of hydrogen-bond acceptors (Lipinski definition) is 5. The van der Waals surface area contributed by atoms with Crippen LogP contribution in [0.3, 0.4) is 0 Å². The van der Waals surface area contributed by atoms with Crippen LogP contribution in [0.1, 0.15) is 23.3 Å². The van der Waals surface area contributed by atoms with Crippen LogP contribution in [0.15, 0.2) is 12.5 Å². The number of aromatic nitrogens is 4. The molecule has 3 aromatic rings. The Hall–Kier alpha value is -1.95. The average Bonchev–Trinajstić information content (AvgIpc) is 2.97. The van der Waals surface area contributed by atoms with E-state index in [4.69, 9.17) is 5.73 Å². The molecule has 4 rings (SSSR count). The molecule has 0 aliphatic heterocycles. The van der Waals surface area contributed by atoms with E-state index in [1.165, 1.54) is 29.6 Å². The summed E-state index contributed by atoms with van der Waals surface area (Å²) in [5.41, 5.74) is 10.2. The van der Waals surface area contributed by atoms with Gasteiger partial charge >= 0.3 is 0 Å². The average molecular weight is 271 g/mol. The van der Waals surface area contributed by atoms with Crippen molar-refractivity contribution >= 4 is 27.5 Å². The number of nitrogens with two attached hydrogens (primary N) is 1. The molecule has 3 N–H and O–H groups in total. The van der Waals surface area contributed by atoms with Crippen LogP contribution in [0.2, 0.25) is 0 Å². The van der Waals surface area contributed by atoms with E-state index in [0.29, 0.717) is 5.65 Å². The molecule has 1 aliphatic rings. The Morgan fingerprint density at radius 2 is 2.16 bits per heavy atom. The molecular weight excluding hydrogens is 258 g/mol. The standard InChI is InChI=1S/C13H13N5S/c14-11-10(7-3-1-2-4-9(7)19-11)13-17-8-5-15-6-16-12(8)18-13/h5-6H,1-4,14H2,(H,15,16,17,18). The van der Waals surface area contributed by atoms with E-state index in [-0.39, 0.29) is 0 Å². The number of fused-ring (bicyclic) bond motifs is 2. The van der Waals surface area contributed by atoms with Crippen LogP contribution in [-0.4, -0.2) is 19.9 Å². The summed E-state index contributed by atoms with van der Waals surface area (Å²) in [4.78, 5) is 17.4. The summed E-state index contributed by atoms with van der Waals surface area (Å²) < 4.78 is 0. The fourth-order valence-corrected chi connectivity index (χ4v) is 3.89. The van der Waals surface area contributed by atoms with Crippen molar-refractivity contribution in [1.29, 1.82) is 0 Å². The lowest BCUT2D eigenvalue weighted by Gasteiger charge is -2.11. The zero-order chi connectivity index (χ0) is 12.8.